The van der Waals surface area contributed by atoms with E-state index in [1.54, 1.807) is 24.3 Å². The number of cyclic esters (lactones) is 1. The fraction of sp³-hybridized carbons (Fsp3) is 0.562. The number of hydrogen-bond donors (Lipinski definition) is 0. The van der Waals surface area contributed by atoms with Crippen molar-refractivity contribution in [3.8, 4) is 11.5 Å². The number of esters is 2. The van der Waals surface area contributed by atoms with Gasteiger partial charge < -0.3 is 14.2 Å². The molecule has 0 radical (unpaired) electrons. The molecule has 5 heteroatoms. The number of carbonyl (C=O) groups is 2. The first-order valence-electron chi connectivity index (χ1n) is 14.4. The van der Waals surface area contributed by atoms with Gasteiger partial charge >= 0.3 is 11.9 Å². The van der Waals surface area contributed by atoms with Crippen LogP contribution in [0.5, 0.6) is 11.5 Å². The van der Waals surface area contributed by atoms with Gasteiger partial charge in [-0.15, -0.1) is 0 Å². The first kappa shape index (κ1) is 28.7. The monoisotopic (exact) mass is 508 g/mol. The van der Waals surface area contributed by atoms with Crippen molar-refractivity contribution in [2.24, 2.45) is 0 Å². The second-order valence-corrected chi connectivity index (χ2v) is 10.1. The van der Waals surface area contributed by atoms with E-state index in [-0.39, 0.29) is 18.0 Å². The Kier molecular flexibility index (Phi) is 12.5. The number of rotatable bonds is 16. The number of carbonyl (C=O) groups excluding carboxylic acids is 2. The van der Waals surface area contributed by atoms with Crippen molar-refractivity contribution in [3.05, 3.63) is 59.7 Å². The van der Waals surface area contributed by atoms with E-state index in [4.69, 9.17) is 14.2 Å². The average Bonchev–Trinajstić information content (AvgIpc) is 2.91. The van der Waals surface area contributed by atoms with E-state index >= 15 is 0 Å². The number of unbranched alkanes of at least 4 members (excludes halogenated alkanes) is 8. The molecule has 0 saturated carbocycles. The fourth-order valence-corrected chi connectivity index (χ4v) is 4.77. The van der Waals surface area contributed by atoms with Crippen molar-refractivity contribution in [1.29, 1.82) is 0 Å². The van der Waals surface area contributed by atoms with Gasteiger partial charge in [-0.25, -0.2) is 4.79 Å². The van der Waals surface area contributed by atoms with E-state index in [0.717, 1.165) is 43.4 Å². The zero-order chi connectivity index (χ0) is 26.3. The molecule has 1 aliphatic heterocycles. The lowest BCUT2D eigenvalue weighted by Gasteiger charge is -2.28. The van der Waals surface area contributed by atoms with Crippen LogP contribution >= 0.6 is 0 Å². The van der Waals surface area contributed by atoms with Crippen molar-refractivity contribution in [2.75, 3.05) is 6.61 Å². The van der Waals surface area contributed by atoms with Gasteiger partial charge in [0.05, 0.1) is 18.1 Å². The summed E-state index contributed by atoms with van der Waals surface area (Å²) in [6.45, 7) is 5.11. The second kappa shape index (κ2) is 16.1. The normalized spacial score (nSPS) is 17.3. The Labute approximate surface area is 222 Å². The minimum absolute atomic E-state index is 0.0492. The number of ether oxygens (including phenoxy) is 3. The summed E-state index contributed by atoms with van der Waals surface area (Å²) in [5.41, 5.74) is 1.37. The Bertz CT molecular complexity index is 935. The van der Waals surface area contributed by atoms with Crippen molar-refractivity contribution in [2.45, 2.75) is 109 Å². The Morgan fingerprint density at radius 3 is 2.08 bits per heavy atom. The van der Waals surface area contributed by atoms with Crippen LogP contribution in [0.3, 0.4) is 0 Å². The summed E-state index contributed by atoms with van der Waals surface area (Å²) in [6, 6.07) is 14.3. The summed E-state index contributed by atoms with van der Waals surface area (Å²) >= 11 is 0. The lowest BCUT2D eigenvalue weighted by atomic mass is 9.89. The van der Waals surface area contributed by atoms with Crippen LogP contribution in [0.4, 0.5) is 0 Å². The SMILES string of the molecule is CCCCCCCCOc1ccc(C(=O)Oc2ccc([C@@H]3CC[C@@H](CCCCCC)OC3=O)cc2)cc1. The summed E-state index contributed by atoms with van der Waals surface area (Å²) in [4.78, 5) is 25.2. The van der Waals surface area contributed by atoms with E-state index in [2.05, 4.69) is 13.8 Å². The van der Waals surface area contributed by atoms with E-state index in [1.807, 2.05) is 24.3 Å². The molecule has 2 aromatic carbocycles. The minimum Gasteiger partial charge on any atom is -0.494 e. The molecule has 1 fully saturated rings. The summed E-state index contributed by atoms with van der Waals surface area (Å²) < 4.78 is 17.0. The molecule has 5 nitrogen and oxygen atoms in total. The summed E-state index contributed by atoms with van der Waals surface area (Å²) in [5, 5.41) is 0. The topological polar surface area (TPSA) is 61.8 Å². The van der Waals surface area contributed by atoms with Crippen molar-refractivity contribution >= 4 is 11.9 Å². The molecule has 1 aliphatic rings. The van der Waals surface area contributed by atoms with Crippen molar-refractivity contribution in [3.63, 3.8) is 0 Å². The number of hydrogen-bond acceptors (Lipinski definition) is 5. The fourth-order valence-electron chi connectivity index (χ4n) is 4.77. The third-order valence-corrected chi connectivity index (χ3v) is 7.07. The van der Waals surface area contributed by atoms with Gasteiger partial charge in [0.1, 0.15) is 17.6 Å². The maximum atomic E-state index is 12.6. The highest BCUT2D eigenvalue weighted by molar-refractivity contribution is 5.91. The van der Waals surface area contributed by atoms with Gasteiger partial charge in [0.15, 0.2) is 0 Å². The first-order chi connectivity index (χ1) is 18.1. The van der Waals surface area contributed by atoms with Crippen molar-refractivity contribution in [1.82, 2.24) is 0 Å². The van der Waals surface area contributed by atoms with Gasteiger partial charge in [0, 0.05) is 0 Å². The molecule has 0 unspecified atom stereocenters. The Balaban J connectivity index is 1.41. The summed E-state index contributed by atoms with van der Waals surface area (Å²) in [7, 11) is 0. The first-order valence-corrected chi connectivity index (χ1v) is 14.4. The highest BCUT2D eigenvalue weighted by Crippen LogP contribution is 2.32. The van der Waals surface area contributed by atoms with Gasteiger partial charge in [0.2, 0.25) is 0 Å². The van der Waals surface area contributed by atoms with Gasteiger partial charge in [-0.05, 0) is 74.1 Å². The molecule has 1 heterocycles. The van der Waals surface area contributed by atoms with E-state index in [1.165, 1.54) is 51.4 Å². The van der Waals surface area contributed by atoms with Gasteiger partial charge in [-0.3, -0.25) is 4.79 Å². The van der Waals surface area contributed by atoms with Crippen LogP contribution in [0.2, 0.25) is 0 Å². The van der Waals surface area contributed by atoms with E-state index in [9.17, 15) is 9.59 Å². The largest absolute Gasteiger partial charge is 0.494 e. The molecule has 0 N–H and O–H groups in total. The van der Waals surface area contributed by atoms with Gasteiger partial charge in [-0.2, -0.15) is 0 Å². The third-order valence-electron chi connectivity index (χ3n) is 7.07. The van der Waals surface area contributed by atoms with Crippen LogP contribution in [0.15, 0.2) is 48.5 Å². The molecule has 0 spiro atoms. The molecule has 1 saturated heterocycles. The third kappa shape index (κ3) is 9.87. The average molecular weight is 509 g/mol. The molecular formula is C32H44O5. The van der Waals surface area contributed by atoms with Crippen LogP contribution in [0.25, 0.3) is 0 Å². The number of benzene rings is 2. The minimum atomic E-state index is -0.418. The molecule has 2 aromatic rings. The lowest BCUT2D eigenvalue weighted by Crippen LogP contribution is -2.29. The van der Waals surface area contributed by atoms with Crippen LogP contribution in [0, 0.1) is 0 Å². The highest BCUT2D eigenvalue weighted by atomic mass is 16.5. The molecular weight excluding hydrogens is 464 g/mol. The Morgan fingerprint density at radius 2 is 1.41 bits per heavy atom. The molecule has 202 valence electrons. The predicted octanol–water partition coefficient (Wildman–Crippen LogP) is 8.40. The predicted molar refractivity (Wildman–Crippen MR) is 147 cm³/mol. The molecule has 0 aromatic heterocycles. The molecule has 0 bridgehead atoms. The molecule has 3 rings (SSSR count). The Hall–Kier alpha value is -2.82. The van der Waals surface area contributed by atoms with Gasteiger partial charge in [0.25, 0.3) is 0 Å². The van der Waals surface area contributed by atoms with Crippen LogP contribution in [-0.4, -0.2) is 24.6 Å². The molecule has 0 amide bonds. The highest BCUT2D eigenvalue weighted by Gasteiger charge is 2.31. The summed E-state index contributed by atoms with van der Waals surface area (Å²) in [6.07, 6.45) is 14.8. The van der Waals surface area contributed by atoms with Crippen LogP contribution < -0.4 is 9.47 Å². The van der Waals surface area contributed by atoms with Gasteiger partial charge in [-0.1, -0.05) is 77.3 Å². The molecule has 2 atom stereocenters. The maximum Gasteiger partial charge on any atom is 0.343 e. The molecule has 37 heavy (non-hydrogen) atoms. The second-order valence-electron chi connectivity index (χ2n) is 10.1. The Morgan fingerprint density at radius 1 is 0.784 bits per heavy atom. The quantitative estimate of drug-likeness (QED) is 0.129. The zero-order valence-electron chi connectivity index (χ0n) is 22.7. The van der Waals surface area contributed by atoms with Crippen LogP contribution in [0.1, 0.15) is 119 Å². The standard InChI is InChI=1S/C32H44O5/c1-3-5-7-9-10-12-24-35-27-18-16-26(17-19-27)31(33)36-29-20-14-25(15-21-29)30-23-22-28(37-32(30)34)13-11-8-6-4-2/h14-21,28,30H,3-13,22-24H2,1-2H3/t28-,30+/m1/s1. The van der Waals surface area contributed by atoms with Crippen LogP contribution in [-0.2, 0) is 9.53 Å². The molecule has 0 aliphatic carbocycles. The van der Waals surface area contributed by atoms with E-state index < -0.39 is 5.97 Å². The zero-order valence-corrected chi connectivity index (χ0v) is 22.7. The maximum absolute atomic E-state index is 12.6. The van der Waals surface area contributed by atoms with Crippen molar-refractivity contribution < 1.29 is 23.8 Å². The lowest BCUT2D eigenvalue weighted by molar-refractivity contribution is -0.156. The smallest absolute Gasteiger partial charge is 0.343 e. The van der Waals surface area contributed by atoms with E-state index in [0.29, 0.717) is 17.9 Å². The summed E-state index contributed by atoms with van der Waals surface area (Å²) in [5.74, 6) is 0.404.